The fraction of sp³-hybridized carbons (Fsp3) is 0.400. The lowest BCUT2D eigenvalue weighted by atomic mass is 10.1. The number of anilines is 1. The molecular weight excluding hydrogens is 310 g/mol. The molecule has 1 fully saturated rings. The first-order chi connectivity index (χ1) is 12.1. The van der Waals surface area contributed by atoms with Gasteiger partial charge in [0.2, 0.25) is 0 Å². The molecule has 130 valence electrons. The van der Waals surface area contributed by atoms with Crippen molar-refractivity contribution >= 4 is 11.3 Å². The van der Waals surface area contributed by atoms with Gasteiger partial charge in [0.1, 0.15) is 5.82 Å². The minimum atomic E-state index is 0.471. The third kappa shape index (κ3) is 3.12. The molecule has 5 heteroatoms. The summed E-state index contributed by atoms with van der Waals surface area (Å²) >= 11 is 0. The van der Waals surface area contributed by atoms with Gasteiger partial charge in [-0.3, -0.25) is 0 Å². The van der Waals surface area contributed by atoms with E-state index in [2.05, 4.69) is 66.4 Å². The van der Waals surface area contributed by atoms with Crippen LogP contribution in [0.15, 0.2) is 42.7 Å². The first-order valence-electron chi connectivity index (χ1n) is 9.08. The number of pyridine rings is 2. The van der Waals surface area contributed by atoms with Gasteiger partial charge in [0.05, 0.1) is 17.4 Å². The van der Waals surface area contributed by atoms with Gasteiger partial charge in [0.15, 0.2) is 0 Å². The summed E-state index contributed by atoms with van der Waals surface area (Å²) in [7, 11) is 0. The maximum absolute atomic E-state index is 4.96. The minimum Gasteiger partial charge on any atom is -0.353 e. The number of hydrogen-bond acceptors (Lipinski definition) is 4. The summed E-state index contributed by atoms with van der Waals surface area (Å²) in [5.41, 5.74) is 4.51. The molecule has 2 atom stereocenters. The van der Waals surface area contributed by atoms with Crippen LogP contribution in [0.4, 0.5) is 5.82 Å². The average Bonchev–Trinajstić information content (AvgIpc) is 3.04. The Kier molecular flexibility index (Phi) is 4.17. The summed E-state index contributed by atoms with van der Waals surface area (Å²) in [5, 5.41) is 8.06. The van der Waals surface area contributed by atoms with Gasteiger partial charge in [-0.25, -0.2) is 9.50 Å². The first-order valence-corrected chi connectivity index (χ1v) is 9.08. The molecule has 1 N–H and O–H groups in total. The lowest BCUT2D eigenvalue weighted by Gasteiger charge is -2.37. The molecule has 4 rings (SSSR count). The largest absolute Gasteiger partial charge is 0.353 e. The van der Waals surface area contributed by atoms with E-state index >= 15 is 0 Å². The predicted molar refractivity (Wildman–Crippen MR) is 102 cm³/mol. The van der Waals surface area contributed by atoms with Crippen LogP contribution in [0.5, 0.6) is 0 Å². The van der Waals surface area contributed by atoms with Gasteiger partial charge >= 0.3 is 0 Å². The summed E-state index contributed by atoms with van der Waals surface area (Å²) < 4.78 is 1.93. The third-order valence-corrected chi connectivity index (χ3v) is 4.89. The molecule has 0 spiro atoms. The van der Waals surface area contributed by atoms with Crippen LogP contribution in [-0.4, -0.2) is 39.8 Å². The van der Waals surface area contributed by atoms with Crippen molar-refractivity contribution in [2.24, 2.45) is 0 Å². The second-order valence-electron chi connectivity index (χ2n) is 7.03. The topological polar surface area (TPSA) is 45.5 Å². The molecule has 0 unspecified atom stereocenters. The summed E-state index contributed by atoms with van der Waals surface area (Å²) in [5.74, 6) is 1.05. The second kappa shape index (κ2) is 6.48. The quantitative estimate of drug-likeness (QED) is 0.799. The number of aryl methyl sites for hydroxylation is 1. The van der Waals surface area contributed by atoms with E-state index in [0.29, 0.717) is 12.1 Å². The number of fused-ring (bicyclic) bond motifs is 1. The van der Waals surface area contributed by atoms with Gasteiger partial charge in [0, 0.05) is 36.9 Å². The van der Waals surface area contributed by atoms with Crippen LogP contribution in [0, 0.1) is 0 Å². The lowest BCUT2D eigenvalue weighted by molar-refractivity contribution is 0.405. The molecule has 25 heavy (non-hydrogen) atoms. The summed E-state index contributed by atoms with van der Waals surface area (Å²) in [6.07, 6.45) is 4.97. The van der Waals surface area contributed by atoms with Crippen molar-refractivity contribution in [3.05, 3.63) is 48.3 Å². The van der Waals surface area contributed by atoms with E-state index in [4.69, 9.17) is 4.98 Å². The van der Waals surface area contributed by atoms with Crippen molar-refractivity contribution in [2.75, 3.05) is 18.0 Å². The van der Waals surface area contributed by atoms with Gasteiger partial charge in [0.25, 0.3) is 0 Å². The van der Waals surface area contributed by atoms with E-state index in [9.17, 15) is 0 Å². The Bertz CT molecular complexity index is 875. The molecular formula is C20H25N5. The van der Waals surface area contributed by atoms with Crippen molar-refractivity contribution in [3.63, 3.8) is 0 Å². The number of aromatic nitrogens is 3. The van der Waals surface area contributed by atoms with E-state index < -0.39 is 0 Å². The summed E-state index contributed by atoms with van der Waals surface area (Å²) in [6.45, 7) is 8.59. The fourth-order valence-electron chi connectivity index (χ4n) is 3.70. The summed E-state index contributed by atoms with van der Waals surface area (Å²) in [6, 6.07) is 11.6. The van der Waals surface area contributed by atoms with Crippen LogP contribution >= 0.6 is 0 Å². The van der Waals surface area contributed by atoms with Crippen molar-refractivity contribution < 1.29 is 0 Å². The Morgan fingerprint density at radius 3 is 2.72 bits per heavy atom. The molecule has 0 amide bonds. The molecule has 0 bridgehead atoms. The first kappa shape index (κ1) is 16.1. The van der Waals surface area contributed by atoms with E-state index in [1.54, 1.807) is 0 Å². The SMILES string of the molecule is CCc1ccn2ncc(-c3cccc(N4C[C@@H](C)N[C@@H](C)C4)n3)c2c1. The van der Waals surface area contributed by atoms with Crippen molar-refractivity contribution in [2.45, 2.75) is 39.3 Å². The molecule has 0 aliphatic carbocycles. The Morgan fingerprint density at radius 2 is 1.96 bits per heavy atom. The number of piperazine rings is 1. The number of hydrogen-bond donors (Lipinski definition) is 1. The maximum Gasteiger partial charge on any atom is 0.129 e. The molecule has 3 aromatic heterocycles. The van der Waals surface area contributed by atoms with Crippen LogP contribution < -0.4 is 10.2 Å². The molecule has 4 heterocycles. The second-order valence-corrected chi connectivity index (χ2v) is 7.03. The maximum atomic E-state index is 4.96. The molecule has 0 aromatic carbocycles. The normalized spacial score (nSPS) is 21.0. The molecule has 1 aliphatic heterocycles. The highest BCUT2D eigenvalue weighted by atomic mass is 15.3. The Hall–Kier alpha value is -2.40. The van der Waals surface area contributed by atoms with Gasteiger partial charge in [-0.15, -0.1) is 0 Å². The molecule has 1 saturated heterocycles. The van der Waals surface area contributed by atoms with Crippen molar-refractivity contribution in [3.8, 4) is 11.3 Å². The average molecular weight is 335 g/mol. The Labute approximate surface area is 148 Å². The fourth-order valence-corrected chi connectivity index (χ4v) is 3.70. The number of nitrogens with zero attached hydrogens (tertiary/aromatic N) is 4. The summed E-state index contributed by atoms with van der Waals surface area (Å²) in [4.78, 5) is 7.33. The zero-order chi connectivity index (χ0) is 17.4. The van der Waals surface area contributed by atoms with Crippen LogP contribution in [-0.2, 0) is 6.42 Å². The highest BCUT2D eigenvalue weighted by Gasteiger charge is 2.22. The van der Waals surface area contributed by atoms with E-state index in [1.165, 1.54) is 5.56 Å². The Morgan fingerprint density at radius 1 is 1.16 bits per heavy atom. The molecule has 0 radical (unpaired) electrons. The van der Waals surface area contributed by atoms with Gasteiger partial charge in [-0.1, -0.05) is 13.0 Å². The van der Waals surface area contributed by atoms with E-state index in [1.807, 2.05) is 16.9 Å². The monoisotopic (exact) mass is 335 g/mol. The zero-order valence-electron chi connectivity index (χ0n) is 15.1. The standard InChI is InChI=1S/C20H25N5/c1-4-16-8-9-25-19(10-16)17(11-21-25)18-6-5-7-20(23-18)24-12-14(2)22-15(3)13-24/h5-11,14-15,22H,4,12-13H2,1-3H3/t14-,15+. The molecule has 3 aromatic rings. The van der Waals surface area contributed by atoms with Crippen molar-refractivity contribution in [1.29, 1.82) is 0 Å². The van der Waals surface area contributed by atoms with Gasteiger partial charge < -0.3 is 10.2 Å². The number of nitrogens with one attached hydrogen (secondary N) is 1. The van der Waals surface area contributed by atoms with Gasteiger partial charge in [-0.05, 0) is 50.1 Å². The third-order valence-electron chi connectivity index (χ3n) is 4.89. The van der Waals surface area contributed by atoms with Crippen LogP contribution in [0.3, 0.4) is 0 Å². The Balaban J connectivity index is 1.72. The molecule has 1 aliphatic rings. The van der Waals surface area contributed by atoms with Crippen molar-refractivity contribution in [1.82, 2.24) is 19.9 Å². The lowest BCUT2D eigenvalue weighted by Crippen LogP contribution is -2.54. The van der Waals surface area contributed by atoms with Gasteiger partial charge in [-0.2, -0.15) is 5.10 Å². The smallest absolute Gasteiger partial charge is 0.129 e. The zero-order valence-corrected chi connectivity index (χ0v) is 15.1. The minimum absolute atomic E-state index is 0.471. The molecule has 5 nitrogen and oxygen atoms in total. The van der Waals surface area contributed by atoms with Crippen LogP contribution in [0.2, 0.25) is 0 Å². The molecule has 0 saturated carbocycles. The number of rotatable bonds is 3. The highest BCUT2D eigenvalue weighted by Crippen LogP contribution is 2.26. The van der Waals surface area contributed by atoms with Crippen LogP contribution in [0.25, 0.3) is 16.8 Å². The highest BCUT2D eigenvalue weighted by molar-refractivity contribution is 5.78. The predicted octanol–water partition coefficient (Wildman–Crippen LogP) is 3.15. The van der Waals surface area contributed by atoms with E-state index in [-0.39, 0.29) is 0 Å². The van der Waals surface area contributed by atoms with Crippen LogP contribution in [0.1, 0.15) is 26.3 Å². The van der Waals surface area contributed by atoms with E-state index in [0.717, 1.165) is 42.1 Å².